The first-order chi connectivity index (χ1) is 9.97. The Morgan fingerprint density at radius 1 is 1.19 bits per heavy atom. The normalized spacial score (nSPS) is 10.7. The maximum Gasteiger partial charge on any atom is 0.258 e. The van der Waals surface area contributed by atoms with E-state index in [1.807, 2.05) is 37.2 Å². The van der Waals surface area contributed by atoms with Crippen molar-refractivity contribution in [1.82, 2.24) is 4.90 Å². The zero-order valence-electron chi connectivity index (χ0n) is 12.5. The predicted octanol–water partition coefficient (Wildman–Crippen LogP) is 3.45. The largest absolute Gasteiger partial charge is 0.322 e. The average Bonchev–Trinajstić information content (AvgIpc) is 2.41. The molecule has 0 unspecified atom stereocenters. The Balaban J connectivity index is 2.18. The van der Waals surface area contributed by atoms with Crippen LogP contribution in [0.1, 0.15) is 21.5 Å². The molecule has 110 valence electrons. The summed E-state index contributed by atoms with van der Waals surface area (Å²) in [6, 6.07) is 12.4. The second kappa shape index (κ2) is 6.50. The Kier molecular flexibility index (Phi) is 4.70. The summed E-state index contributed by atoms with van der Waals surface area (Å²) in [6.07, 6.45) is 0. The number of amides is 1. The molecule has 2 rings (SSSR count). The molecule has 1 amide bonds. The van der Waals surface area contributed by atoms with Crippen LogP contribution in [0.15, 0.2) is 42.5 Å². The van der Waals surface area contributed by atoms with Crippen molar-refractivity contribution in [1.29, 1.82) is 0 Å². The van der Waals surface area contributed by atoms with Gasteiger partial charge in [0.2, 0.25) is 0 Å². The summed E-state index contributed by atoms with van der Waals surface area (Å²) in [5.41, 5.74) is 2.28. The fourth-order valence-corrected chi connectivity index (χ4v) is 2.13. The number of benzene rings is 2. The Labute approximate surface area is 124 Å². The van der Waals surface area contributed by atoms with Gasteiger partial charge in [-0.25, -0.2) is 4.39 Å². The Bertz CT molecular complexity index is 653. The number of hydrogen-bond donors (Lipinski definition) is 1. The summed E-state index contributed by atoms with van der Waals surface area (Å²) in [5.74, 6) is -0.905. The number of rotatable bonds is 4. The van der Waals surface area contributed by atoms with Crippen molar-refractivity contribution in [3.05, 3.63) is 65.0 Å². The fourth-order valence-electron chi connectivity index (χ4n) is 2.13. The van der Waals surface area contributed by atoms with E-state index in [9.17, 15) is 9.18 Å². The summed E-state index contributed by atoms with van der Waals surface area (Å²) in [4.78, 5) is 14.2. The molecular formula is C17H19FN2O. The maximum absolute atomic E-state index is 13.9. The summed E-state index contributed by atoms with van der Waals surface area (Å²) in [6.45, 7) is 2.42. The van der Waals surface area contributed by atoms with Crippen LogP contribution < -0.4 is 5.32 Å². The first-order valence-electron chi connectivity index (χ1n) is 6.77. The second-order valence-corrected chi connectivity index (χ2v) is 5.33. The number of carbonyl (C=O) groups is 1. The van der Waals surface area contributed by atoms with Crippen molar-refractivity contribution in [2.45, 2.75) is 13.5 Å². The van der Waals surface area contributed by atoms with Crippen molar-refractivity contribution in [2.75, 3.05) is 19.4 Å². The predicted molar refractivity (Wildman–Crippen MR) is 82.9 cm³/mol. The van der Waals surface area contributed by atoms with E-state index in [2.05, 4.69) is 5.32 Å². The molecule has 2 aromatic carbocycles. The fraction of sp³-hybridized carbons (Fsp3) is 0.235. The third kappa shape index (κ3) is 3.89. The van der Waals surface area contributed by atoms with E-state index < -0.39 is 11.7 Å². The summed E-state index contributed by atoms with van der Waals surface area (Å²) < 4.78 is 13.9. The lowest BCUT2D eigenvalue weighted by Crippen LogP contribution is -2.15. The molecule has 0 heterocycles. The van der Waals surface area contributed by atoms with Crippen LogP contribution in [0.5, 0.6) is 0 Å². The highest BCUT2D eigenvalue weighted by atomic mass is 19.1. The molecule has 0 aliphatic rings. The molecule has 3 nitrogen and oxygen atoms in total. The van der Waals surface area contributed by atoms with Gasteiger partial charge in [0.25, 0.3) is 5.91 Å². The van der Waals surface area contributed by atoms with Gasteiger partial charge in [0, 0.05) is 12.2 Å². The molecule has 0 bridgehead atoms. The van der Waals surface area contributed by atoms with Crippen LogP contribution in [0.4, 0.5) is 10.1 Å². The summed E-state index contributed by atoms with van der Waals surface area (Å²) >= 11 is 0. The van der Waals surface area contributed by atoms with Crippen molar-refractivity contribution in [3.63, 3.8) is 0 Å². The van der Waals surface area contributed by atoms with E-state index in [1.54, 1.807) is 25.1 Å². The topological polar surface area (TPSA) is 32.3 Å². The number of aryl methyl sites for hydroxylation is 1. The van der Waals surface area contributed by atoms with Crippen molar-refractivity contribution < 1.29 is 9.18 Å². The van der Waals surface area contributed by atoms with Gasteiger partial charge < -0.3 is 10.2 Å². The standard InChI is InChI=1S/C17H19FN2O/c1-12-6-4-9-15(16(12)18)17(21)19-14-8-5-7-13(10-14)11-20(2)3/h4-10H,11H2,1-3H3,(H,19,21). The van der Waals surface area contributed by atoms with E-state index in [0.717, 1.165) is 12.1 Å². The SMILES string of the molecule is Cc1cccc(C(=O)Nc2cccc(CN(C)C)c2)c1F. The lowest BCUT2D eigenvalue weighted by atomic mass is 10.1. The molecule has 0 spiro atoms. The minimum absolute atomic E-state index is 0.0630. The highest BCUT2D eigenvalue weighted by molar-refractivity contribution is 6.04. The van der Waals surface area contributed by atoms with Gasteiger partial charge >= 0.3 is 0 Å². The van der Waals surface area contributed by atoms with Gasteiger partial charge in [0.15, 0.2) is 0 Å². The highest BCUT2D eigenvalue weighted by Crippen LogP contribution is 2.16. The third-order valence-electron chi connectivity index (χ3n) is 3.12. The number of nitrogens with one attached hydrogen (secondary N) is 1. The van der Waals surface area contributed by atoms with Gasteiger partial charge in [-0.15, -0.1) is 0 Å². The van der Waals surface area contributed by atoms with E-state index in [1.165, 1.54) is 6.07 Å². The van der Waals surface area contributed by atoms with Crippen LogP contribution in [0, 0.1) is 12.7 Å². The van der Waals surface area contributed by atoms with Crippen LogP contribution >= 0.6 is 0 Å². The highest BCUT2D eigenvalue weighted by Gasteiger charge is 2.13. The Hall–Kier alpha value is -2.20. The monoisotopic (exact) mass is 286 g/mol. The summed E-state index contributed by atoms with van der Waals surface area (Å²) in [5, 5.41) is 2.74. The van der Waals surface area contributed by atoms with E-state index in [4.69, 9.17) is 0 Å². The molecule has 1 N–H and O–H groups in total. The van der Waals surface area contributed by atoms with E-state index in [-0.39, 0.29) is 5.56 Å². The van der Waals surface area contributed by atoms with Crippen molar-refractivity contribution in [2.24, 2.45) is 0 Å². The van der Waals surface area contributed by atoms with Crippen LogP contribution in [0.3, 0.4) is 0 Å². The number of halogens is 1. The first-order valence-corrected chi connectivity index (χ1v) is 6.77. The Morgan fingerprint density at radius 2 is 1.90 bits per heavy atom. The number of carbonyl (C=O) groups excluding carboxylic acids is 1. The van der Waals surface area contributed by atoms with Gasteiger partial charge in [0.05, 0.1) is 5.56 Å². The Morgan fingerprint density at radius 3 is 2.62 bits per heavy atom. The maximum atomic E-state index is 13.9. The van der Waals surface area contributed by atoms with Crippen molar-refractivity contribution in [3.8, 4) is 0 Å². The van der Waals surface area contributed by atoms with Gasteiger partial charge in [-0.1, -0.05) is 24.3 Å². The number of nitrogens with zero attached hydrogens (tertiary/aromatic N) is 1. The zero-order chi connectivity index (χ0) is 15.4. The molecular weight excluding hydrogens is 267 g/mol. The first kappa shape index (κ1) is 15.2. The number of anilines is 1. The van der Waals surface area contributed by atoms with Gasteiger partial charge in [-0.3, -0.25) is 4.79 Å². The van der Waals surface area contributed by atoms with Gasteiger partial charge in [0.1, 0.15) is 5.82 Å². The summed E-state index contributed by atoms with van der Waals surface area (Å²) in [7, 11) is 3.96. The van der Waals surface area contributed by atoms with Crippen LogP contribution in [0.25, 0.3) is 0 Å². The molecule has 0 fully saturated rings. The molecule has 0 aliphatic heterocycles. The van der Waals surface area contributed by atoms with Crippen LogP contribution in [0.2, 0.25) is 0 Å². The third-order valence-corrected chi connectivity index (χ3v) is 3.12. The molecule has 4 heteroatoms. The van der Waals surface area contributed by atoms with E-state index in [0.29, 0.717) is 11.3 Å². The lowest BCUT2D eigenvalue weighted by Gasteiger charge is -2.12. The molecule has 0 radical (unpaired) electrons. The molecule has 0 saturated heterocycles. The van der Waals surface area contributed by atoms with Crippen molar-refractivity contribution >= 4 is 11.6 Å². The molecule has 2 aromatic rings. The number of hydrogen-bond acceptors (Lipinski definition) is 2. The molecule has 21 heavy (non-hydrogen) atoms. The van der Waals surface area contributed by atoms with E-state index >= 15 is 0 Å². The quantitative estimate of drug-likeness (QED) is 0.933. The molecule has 0 aliphatic carbocycles. The average molecular weight is 286 g/mol. The molecule has 0 aromatic heterocycles. The molecule has 0 atom stereocenters. The molecule has 0 saturated carbocycles. The van der Waals surface area contributed by atoms with Crippen LogP contribution in [-0.2, 0) is 6.54 Å². The van der Waals surface area contributed by atoms with Gasteiger partial charge in [-0.2, -0.15) is 0 Å². The second-order valence-electron chi connectivity index (χ2n) is 5.33. The zero-order valence-corrected chi connectivity index (χ0v) is 12.5. The van der Waals surface area contributed by atoms with Crippen LogP contribution in [-0.4, -0.2) is 24.9 Å². The lowest BCUT2D eigenvalue weighted by molar-refractivity contribution is 0.102. The smallest absolute Gasteiger partial charge is 0.258 e. The minimum Gasteiger partial charge on any atom is -0.322 e. The minimum atomic E-state index is -0.473. The van der Waals surface area contributed by atoms with Gasteiger partial charge in [-0.05, 0) is 50.3 Å².